The first-order valence-electron chi connectivity index (χ1n) is 8.36. The molecule has 0 radical (unpaired) electrons. The smallest absolute Gasteiger partial charge is 0.261 e. The van der Waals surface area contributed by atoms with Crippen molar-refractivity contribution >= 4 is 17.5 Å². The summed E-state index contributed by atoms with van der Waals surface area (Å²) >= 11 is 5.94. The molecule has 1 aromatic heterocycles. The molecule has 0 bridgehead atoms. The molecule has 134 valence electrons. The van der Waals surface area contributed by atoms with Crippen LogP contribution in [-0.4, -0.2) is 21.8 Å². The minimum Gasteiger partial charge on any atom is -0.481 e. The molecule has 0 fully saturated rings. The Morgan fingerprint density at radius 3 is 2.73 bits per heavy atom. The summed E-state index contributed by atoms with van der Waals surface area (Å²) in [5.74, 6) is 0.387. The second kappa shape index (κ2) is 8.54. The number of nitrogens with zero attached hydrogens (tertiary/aromatic N) is 2. The fraction of sp³-hybridized carbons (Fsp3) is 0.200. The maximum absolute atomic E-state index is 12.3. The van der Waals surface area contributed by atoms with Crippen molar-refractivity contribution in [2.45, 2.75) is 26.1 Å². The number of hydrogen-bond acceptors (Lipinski definition) is 3. The van der Waals surface area contributed by atoms with E-state index in [2.05, 4.69) is 10.4 Å². The van der Waals surface area contributed by atoms with Crippen LogP contribution in [0.2, 0.25) is 5.02 Å². The van der Waals surface area contributed by atoms with Gasteiger partial charge in [0.15, 0.2) is 6.10 Å². The fourth-order valence-corrected chi connectivity index (χ4v) is 2.76. The molecular formula is C20H20ClN3O2. The Labute approximate surface area is 157 Å². The Kier molecular flexibility index (Phi) is 5.92. The van der Waals surface area contributed by atoms with E-state index in [0.717, 1.165) is 11.1 Å². The predicted molar refractivity (Wildman–Crippen MR) is 101 cm³/mol. The van der Waals surface area contributed by atoms with Crippen molar-refractivity contribution in [3.05, 3.63) is 83.1 Å². The highest BCUT2D eigenvalue weighted by Gasteiger charge is 2.15. The van der Waals surface area contributed by atoms with Crippen molar-refractivity contribution in [2.75, 3.05) is 0 Å². The molecule has 0 saturated heterocycles. The molecule has 2 aromatic carbocycles. The van der Waals surface area contributed by atoms with Gasteiger partial charge < -0.3 is 10.1 Å². The molecule has 0 aliphatic rings. The van der Waals surface area contributed by atoms with Gasteiger partial charge in [0.25, 0.3) is 5.91 Å². The number of rotatable bonds is 7. The third kappa shape index (κ3) is 4.86. The first kappa shape index (κ1) is 18.0. The van der Waals surface area contributed by atoms with Gasteiger partial charge in [0.1, 0.15) is 5.75 Å². The van der Waals surface area contributed by atoms with Crippen molar-refractivity contribution in [1.82, 2.24) is 15.1 Å². The molecule has 1 atom stereocenters. The second-order valence-electron chi connectivity index (χ2n) is 5.91. The maximum Gasteiger partial charge on any atom is 0.261 e. The maximum atomic E-state index is 12.3. The SMILES string of the molecule is CC(Oc1cccc(Cl)c1)C(=O)NCc1ccccc1Cn1cccn1. The zero-order valence-electron chi connectivity index (χ0n) is 14.4. The van der Waals surface area contributed by atoms with Gasteiger partial charge in [-0.25, -0.2) is 0 Å². The van der Waals surface area contributed by atoms with Crippen molar-refractivity contribution < 1.29 is 9.53 Å². The third-order valence-corrected chi connectivity index (χ3v) is 4.18. The van der Waals surface area contributed by atoms with E-state index in [1.165, 1.54) is 0 Å². The lowest BCUT2D eigenvalue weighted by Gasteiger charge is -2.16. The average molecular weight is 370 g/mol. The Balaban J connectivity index is 1.59. The minimum atomic E-state index is -0.619. The van der Waals surface area contributed by atoms with Gasteiger partial charge in [-0.2, -0.15) is 5.10 Å². The summed E-state index contributed by atoms with van der Waals surface area (Å²) in [4.78, 5) is 12.3. The van der Waals surface area contributed by atoms with E-state index >= 15 is 0 Å². The number of hydrogen-bond donors (Lipinski definition) is 1. The molecule has 0 spiro atoms. The predicted octanol–water partition coefficient (Wildman–Crippen LogP) is 3.67. The number of aromatic nitrogens is 2. The summed E-state index contributed by atoms with van der Waals surface area (Å²) in [7, 11) is 0. The van der Waals surface area contributed by atoms with E-state index in [1.54, 1.807) is 37.4 Å². The Bertz CT molecular complexity index is 865. The molecular weight excluding hydrogens is 350 g/mol. The number of ether oxygens (including phenoxy) is 1. The van der Waals surface area contributed by atoms with E-state index in [-0.39, 0.29) is 5.91 Å². The largest absolute Gasteiger partial charge is 0.481 e. The van der Waals surface area contributed by atoms with E-state index in [9.17, 15) is 4.79 Å². The van der Waals surface area contributed by atoms with Gasteiger partial charge in [-0.3, -0.25) is 9.48 Å². The van der Waals surface area contributed by atoms with E-state index in [4.69, 9.17) is 16.3 Å². The average Bonchev–Trinajstić information content (AvgIpc) is 3.14. The lowest BCUT2D eigenvalue weighted by molar-refractivity contribution is -0.127. The topological polar surface area (TPSA) is 56.1 Å². The molecule has 26 heavy (non-hydrogen) atoms. The highest BCUT2D eigenvalue weighted by Crippen LogP contribution is 2.18. The van der Waals surface area contributed by atoms with Crippen LogP contribution in [0.3, 0.4) is 0 Å². The highest BCUT2D eigenvalue weighted by molar-refractivity contribution is 6.30. The van der Waals surface area contributed by atoms with Crippen molar-refractivity contribution in [2.24, 2.45) is 0 Å². The Morgan fingerprint density at radius 2 is 2.00 bits per heavy atom. The van der Waals surface area contributed by atoms with Crippen molar-refractivity contribution in [1.29, 1.82) is 0 Å². The minimum absolute atomic E-state index is 0.182. The van der Waals surface area contributed by atoms with Gasteiger partial charge in [0.05, 0.1) is 6.54 Å². The van der Waals surface area contributed by atoms with Crippen molar-refractivity contribution in [3.63, 3.8) is 0 Å². The number of halogens is 1. The molecule has 3 aromatic rings. The number of carbonyl (C=O) groups is 1. The monoisotopic (exact) mass is 369 g/mol. The van der Waals surface area contributed by atoms with Crippen LogP contribution in [0, 0.1) is 0 Å². The van der Waals surface area contributed by atoms with E-state index in [1.807, 2.05) is 41.2 Å². The van der Waals surface area contributed by atoms with E-state index < -0.39 is 6.10 Å². The third-order valence-electron chi connectivity index (χ3n) is 3.94. The summed E-state index contributed by atoms with van der Waals surface area (Å²) in [5.41, 5.74) is 2.16. The van der Waals surface area contributed by atoms with Crippen LogP contribution in [0.5, 0.6) is 5.75 Å². The zero-order chi connectivity index (χ0) is 18.4. The summed E-state index contributed by atoms with van der Waals surface area (Å²) in [6, 6.07) is 16.9. The summed E-state index contributed by atoms with van der Waals surface area (Å²) in [6.07, 6.45) is 3.04. The highest BCUT2D eigenvalue weighted by atomic mass is 35.5. The molecule has 1 heterocycles. The van der Waals surface area contributed by atoms with Crippen LogP contribution in [-0.2, 0) is 17.9 Å². The number of benzene rings is 2. The van der Waals surface area contributed by atoms with E-state index in [0.29, 0.717) is 23.9 Å². The van der Waals surface area contributed by atoms with Gasteiger partial charge >= 0.3 is 0 Å². The molecule has 1 unspecified atom stereocenters. The van der Waals surface area contributed by atoms with Crippen LogP contribution in [0.4, 0.5) is 0 Å². The molecule has 1 amide bonds. The molecule has 5 nitrogen and oxygen atoms in total. The second-order valence-corrected chi connectivity index (χ2v) is 6.34. The standard InChI is InChI=1S/C20H20ClN3O2/c1-15(26-19-9-4-8-18(21)12-19)20(25)22-13-16-6-2-3-7-17(16)14-24-11-5-10-23-24/h2-12,15H,13-14H2,1H3,(H,22,25). The molecule has 0 aliphatic heterocycles. The summed E-state index contributed by atoms with van der Waals surface area (Å²) in [5, 5.41) is 7.73. The Morgan fingerprint density at radius 1 is 1.19 bits per heavy atom. The van der Waals surface area contributed by atoms with Gasteiger partial charge in [-0.1, -0.05) is 41.9 Å². The zero-order valence-corrected chi connectivity index (χ0v) is 15.2. The summed E-state index contributed by atoms with van der Waals surface area (Å²) < 4.78 is 7.50. The van der Waals surface area contributed by atoms with Gasteiger partial charge in [0.2, 0.25) is 0 Å². The number of nitrogens with one attached hydrogen (secondary N) is 1. The number of amides is 1. The van der Waals surface area contributed by atoms with Gasteiger partial charge in [0, 0.05) is 24.0 Å². The molecule has 1 N–H and O–H groups in total. The molecule has 0 saturated carbocycles. The molecule has 6 heteroatoms. The van der Waals surface area contributed by atoms with Crippen LogP contribution >= 0.6 is 11.6 Å². The lowest BCUT2D eigenvalue weighted by Crippen LogP contribution is -2.36. The quantitative estimate of drug-likeness (QED) is 0.691. The van der Waals surface area contributed by atoms with Gasteiger partial charge in [-0.05, 0) is 42.3 Å². The number of carbonyl (C=O) groups excluding carboxylic acids is 1. The van der Waals surface area contributed by atoms with Crippen molar-refractivity contribution in [3.8, 4) is 5.75 Å². The van der Waals surface area contributed by atoms with Crippen LogP contribution in [0.25, 0.3) is 0 Å². The van der Waals surface area contributed by atoms with Crippen LogP contribution < -0.4 is 10.1 Å². The van der Waals surface area contributed by atoms with Crippen LogP contribution in [0.15, 0.2) is 67.0 Å². The first-order chi connectivity index (χ1) is 12.6. The summed E-state index contributed by atoms with van der Waals surface area (Å²) in [6.45, 7) is 2.80. The lowest BCUT2D eigenvalue weighted by atomic mass is 10.1. The molecule has 0 aliphatic carbocycles. The Hall–Kier alpha value is -2.79. The van der Waals surface area contributed by atoms with Crippen LogP contribution in [0.1, 0.15) is 18.1 Å². The molecule has 3 rings (SSSR count). The fourth-order valence-electron chi connectivity index (χ4n) is 2.58. The first-order valence-corrected chi connectivity index (χ1v) is 8.74. The van der Waals surface area contributed by atoms with Gasteiger partial charge in [-0.15, -0.1) is 0 Å². The normalized spacial score (nSPS) is 11.8.